The highest BCUT2D eigenvalue weighted by Crippen LogP contribution is 2.20. The second-order valence-electron chi connectivity index (χ2n) is 6.87. The van der Waals surface area contributed by atoms with Gasteiger partial charge in [-0.3, -0.25) is 4.90 Å². The highest BCUT2D eigenvalue weighted by atomic mass is 16.6. The van der Waals surface area contributed by atoms with Crippen LogP contribution in [0.15, 0.2) is 28.8 Å². The van der Waals surface area contributed by atoms with Crippen molar-refractivity contribution in [2.45, 2.75) is 32.9 Å². The zero-order chi connectivity index (χ0) is 16.4. The van der Waals surface area contributed by atoms with Crippen molar-refractivity contribution >= 4 is 17.1 Å². The summed E-state index contributed by atoms with van der Waals surface area (Å²) in [5.41, 5.74) is 1.31. The fourth-order valence-electron chi connectivity index (χ4n) is 2.68. The lowest BCUT2D eigenvalue weighted by Gasteiger charge is -2.35. The van der Waals surface area contributed by atoms with Gasteiger partial charge in [0.05, 0.1) is 0 Å². The summed E-state index contributed by atoms with van der Waals surface area (Å²) in [6.07, 6.45) is -0.232. The van der Waals surface area contributed by atoms with E-state index in [2.05, 4.69) is 10.1 Å². The lowest BCUT2D eigenvalue weighted by molar-refractivity contribution is 0.0137. The van der Waals surface area contributed by atoms with Crippen molar-refractivity contribution < 1.29 is 14.1 Å². The van der Waals surface area contributed by atoms with Gasteiger partial charge >= 0.3 is 6.09 Å². The Morgan fingerprint density at radius 1 is 1.22 bits per heavy atom. The van der Waals surface area contributed by atoms with Gasteiger partial charge in [-0.25, -0.2) is 4.79 Å². The summed E-state index contributed by atoms with van der Waals surface area (Å²) in [6, 6.07) is 7.88. The molecular formula is C17H23N3O3. The first-order valence-electron chi connectivity index (χ1n) is 7.96. The van der Waals surface area contributed by atoms with E-state index in [0.717, 1.165) is 36.3 Å². The van der Waals surface area contributed by atoms with E-state index in [4.69, 9.17) is 9.26 Å². The van der Waals surface area contributed by atoms with E-state index in [1.165, 1.54) is 0 Å². The van der Waals surface area contributed by atoms with Crippen molar-refractivity contribution in [2.24, 2.45) is 0 Å². The molecule has 1 aliphatic heterocycles. The molecule has 3 rings (SSSR count). The number of rotatable bonds is 2. The minimum absolute atomic E-state index is 0.232. The van der Waals surface area contributed by atoms with E-state index in [0.29, 0.717) is 13.1 Å². The second-order valence-corrected chi connectivity index (χ2v) is 6.87. The Kier molecular flexibility index (Phi) is 4.26. The number of para-hydroxylation sites is 1. The largest absolute Gasteiger partial charge is 0.444 e. The lowest BCUT2D eigenvalue weighted by atomic mass is 10.2. The Morgan fingerprint density at radius 3 is 2.61 bits per heavy atom. The Labute approximate surface area is 136 Å². The SMILES string of the molecule is CC(C)(C)OC(=O)N1CCN(Cc2noc3ccccc23)CC1. The minimum Gasteiger partial charge on any atom is -0.444 e. The molecule has 6 nitrogen and oxygen atoms in total. The molecule has 1 aromatic carbocycles. The van der Waals surface area contributed by atoms with E-state index in [9.17, 15) is 4.79 Å². The van der Waals surface area contributed by atoms with Gasteiger partial charge in [-0.2, -0.15) is 0 Å². The van der Waals surface area contributed by atoms with Crippen LogP contribution in [-0.4, -0.2) is 52.8 Å². The monoisotopic (exact) mass is 317 g/mol. The third-order valence-corrected chi connectivity index (χ3v) is 3.85. The molecule has 0 N–H and O–H groups in total. The van der Waals surface area contributed by atoms with E-state index in [1.54, 1.807) is 4.90 Å². The molecule has 23 heavy (non-hydrogen) atoms. The van der Waals surface area contributed by atoms with Crippen LogP contribution >= 0.6 is 0 Å². The predicted octanol–water partition coefficient (Wildman–Crippen LogP) is 2.88. The van der Waals surface area contributed by atoms with Crippen LogP contribution < -0.4 is 0 Å². The molecule has 1 amide bonds. The fraction of sp³-hybridized carbons (Fsp3) is 0.529. The van der Waals surface area contributed by atoms with Crippen LogP contribution in [0, 0.1) is 0 Å². The number of hydrogen-bond acceptors (Lipinski definition) is 5. The Hall–Kier alpha value is -2.08. The molecule has 0 spiro atoms. The lowest BCUT2D eigenvalue weighted by Crippen LogP contribution is -2.49. The fourth-order valence-corrected chi connectivity index (χ4v) is 2.68. The van der Waals surface area contributed by atoms with Crippen molar-refractivity contribution in [2.75, 3.05) is 26.2 Å². The van der Waals surface area contributed by atoms with Crippen molar-refractivity contribution in [3.8, 4) is 0 Å². The third kappa shape index (κ3) is 3.82. The number of nitrogens with zero attached hydrogens (tertiary/aromatic N) is 3. The summed E-state index contributed by atoms with van der Waals surface area (Å²) in [5.74, 6) is 0. The zero-order valence-corrected chi connectivity index (χ0v) is 13.9. The van der Waals surface area contributed by atoms with E-state index in [-0.39, 0.29) is 6.09 Å². The maximum absolute atomic E-state index is 12.1. The molecule has 0 aliphatic carbocycles. The van der Waals surface area contributed by atoms with Gasteiger partial charge in [-0.15, -0.1) is 0 Å². The number of fused-ring (bicyclic) bond motifs is 1. The van der Waals surface area contributed by atoms with E-state index >= 15 is 0 Å². The average Bonchev–Trinajstić information content (AvgIpc) is 2.90. The molecule has 0 atom stereocenters. The maximum Gasteiger partial charge on any atom is 0.410 e. The molecule has 0 unspecified atom stereocenters. The van der Waals surface area contributed by atoms with Crippen molar-refractivity contribution in [3.63, 3.8) is 0 Å². The normalized spacial score (nSPS) is 16.7. The zero-order valence-electron chi connectivity index (χ0n) is 13.9. The average molecular weight is 317 g/mol. The van der Waals surface area contributed by atoms with Crippen LogP contribution in [0.1, 0.15) is 26.5 Å². The Bertz CT molecular complexity index is 682. The number of benzene rings is 1. The van der Waals surface area contributed by atoms with E-state index in [1.807, 2.05) is 45.0 Å². The number of piperazine rings is 1. The molecule has 2 aromatic rings. The first kappa shape index (κ1) is 15.8. The Morgan fingerprint density at radius 2 is 1.91 bits per heavy atom. The summed E-state index contributed by atoms with van der Waals surface area (Å²) < 4.78 is 10.8. The van der Waals surface area contributed by atoms with Crippen LogP contribution in [0.25, 0.3) is 11.0 Å². The van der Waals surface area contributed by atoms with Crippen LogP contribution in [0.3, 0.4) is 0 Å². The molecular weight excluding hydrogens is 294 g/mol. The van der Waals surface area contributed by atoms with Crippen molar-refractivity contribution in [1.29, 1.82) is 0 Å². The molecule has 0 radical (unpaired) electrons. The molecule has 1 aliphatic rings. The summed E-state index contributed by atoms with van der Waals surface area (Å²) in [4.78, 5) is 16.1. The van der Waals surface area contributed by atoms with Crippen molar-refractivity contribution in [1.82, 2.24) is 15.0 Å². The standard InChI is InChI=1S/C17H23N3O3/c1-17(2,3)22-16(21)20-10-8-19(9-11-20)12-14-13-6-4-5-7-15(13)23-18-14/h4-7H,8-12H2,1-3H3. The molecule has 0 saturated carbocycles. The summed E-state index contributed by atoms with van der Waals surface area (Å²) >= 11 is 0. The number of carbonyl (C=O) groups is 1. The number of amides is 1. The highest BCUT2D eigenvalue weighted by molar-refractivity contribution is 5.79. The van der Waals surface area contributed by atoms with Gasteiger partial charge in [0.15, 0.2) is 5.58 Å². The minimum atomic E-state index is -0.451. The van der Waals surface area contributed by atoms with Gasteiger partial charge < -0.3 is 14.2 Å². The van der Waals surface area contributed by atoms with Crippen LogP contribution in [0.5, 0.6) is 0 Å². The molecule has 2 heterocycles. The second kappa shape index (κ2) is 6.20. The molecule has 124 valence electrons. The van der Waals surface area contributed by atoms with Gasteiger partial charge in [0.1, 0.15) is 11.3 Å². The molecule has 1 aromatic heterocycles. The molecule has 0 bridgehead atoms. The predicted molar refractivity (Wildman–Crippen MR) is 87.1 cm³/mol. The van der Waals surface area contributed by atoms with Gasteiger partial charge in [-0.1, -0.05) is 17.3 Å². The highest BCUT2D eigenvalue weighted by Gasteiger charge is 2.26. The van der Waals surface area contributed by atoms with Gasteiger partial charge in [0.2, 0.25) is 0 Å². The van der Waals surface area contributed by atoms with Crippen molar-refractivity contribution in [3.05, 3.63) is 30.0 Å². The number of carbonyl (C=O) groups excluding carboxylic acids is 1. The number of hydrogen-bond donors (Lipinski definition) is 0. The van der Waals surface area contributed by atoms with Crippen LogP contribution in [0.4, 0.5) is 4.79 Å². The summed E-state index contributed by atoms with van der Waals surface area (Å²) in [6.45, 7) is 9.35. The third-order valence-electron chi connectivity index (χ3n) is 3.85. The smallest absolute Gasteiger partial charge is 0.410 e. The first-order valence-corrected chi connectivity index (χ1v) is 7.96. The van der Waals surface area contributed by atoms with Gasteiger partial charge in [0.25, 0.3) is 0 Å². The molecule has 1 fully saturated rings. The topological polar surface area (TPSA) is 58.8 Å². The molecule has 1 saturated heterocycles. The number of ether oxygens (including phenoxy) is 1. The molecule has 6 heteroatoms. The van der Waals surface area contributed by atoms with Gasteiger partial charge in [0, 0.05) is 38.1 Å². The van der Waals surface area contributed by atoms with E-state index < -0.39 is 5.60 Å². The number of aromatic nitrogens is 1. The Balaban J connectivity index is 1.56. The van der Waals surface area contributed by atoms with Gasteiger partial charge in [-0.05, 0) is 32.9 Å². The van der Waals surface area contributed by atoms with Crippen LogP contribution in [0.2, 0.25) is 0 Å². The van der Waals surface area contributed by atoms with Crippen LogP contribution in [-0.2, 0) is 11.3 Å². The first-order chi connectivity index (χ1) is 10.9. The maximum atomic E-state index is 12.1. The quantitative estimate of drug-likeness (QED) is 0.852. The summed E-state index contributed by atoms with van der Waals surface area (Å²) in [5, 5.41) is 5.23. The summed E-state index contributed by atoms with van der Waals surface area (Å²) in [7, 11) is 0.